The Kier molecular flexibility index (Phi) is 3.80. The number of aromatic nitrogens is 2. The molecule has 106 valence electrons. The molecule has 2 rings (SSSR count). The molecule has 2 heterocycles. The summed E-state index contributed by atoms with van der Waals surface area (Å²) in [5.41, 5.74) is 7.83. The molecule has 1 unspecified atom stereocenters. The first-order valence-corrected chi connectivity index (χ1v) is 6.59. The summed E-state index contributed by atoms with van der Waals surface area (Å²) in [6.45, 7) is 7.26. The van der Waals surface area contributed by atoms with E-state index in [1.54, 1.807) is 4.68 Å². The van der Waals surface area contributed by atoms with Crippen LogP contribution in [0.15, 0.2) is 0 Å². The van der Waals surface area contributed by atoms with E-state index in [0.717, 1.165) is 30.8 Å². The van der Waals surface area contributed by atoms with Gasteiger partial charge in [-0.15, -0.1) is 0 Å². The lowest BCUT2D eigenvalue weighted by Crippen LogP contribution is -2.52. The molecule has 0 aromatic carbocycles. The molecule has 0 radical (unpaired) electrons. The number of nitrogens with zero attached hydrogens (tertiary/aromatic N) is 2. The number of nitrogens with two attached hydrogens (primary N) is 1. The van der Waals surface area contributed by atoms with E-state index in [2.05, 4.69) is 10.4 Å². The summed E-state index contributed by atoms with van der Waals surface area (Å²) in [7, 11) is 0. The van der Waals surface area contributed by atoms with Crippen LogP contribution in [0.25, 0.3) is 0 Å². The molecule has 0 spiro atoms. The van der Waals surface area contributed by atoms with Crippen molar-refractivity contribution < 1.29 is 9.53 Å². The number of carbonyl (C=O) groups excluding carboxylic acids is 1. The number of nitrogens with one attached hydrogen (secondary N) is 1. The van der Waals surface area contributed by atoms with Gasteiger partial charge in [0.05, 0.1) is 29.2 Å². The fourth-order valence-electron chi connectivity index (χ4n) is 2.41. The lowest BCUT2D eigenvalue weighted by Gasteiger charge is -2.34. The number of nitrogen functional groups attached to an aromatic ring is 1. The summed E-state index contributed by atoms with van der Waals surface area (Å²) in [5.74, 6) is -0.0569. The molecule has 1 aromatic heterocycles. The van der Waals surface area contributed by atoms with E-state index in [0.29, 0.717) is 12.3 Å². The second-order valence-electron chi connectivity index (χ2n) is 5.51. The van der Waals surface area contributed by atoms with Gasteiger partial charge in [-0.25, -0.2) is 0 Å². The van der Waals surface area contributed by atoms with Gasteiger partial charge in [0.25, 0.3) is 0 Å². The van der Waals surface area contributed by atoms with Gasteiger partial charge in [-0.1, -0.05) is 0 Å². The van der Waals surface area contributed by atoms with Crippen LogP contribution in [-0.4, -0.2) is 34.4 Å². The van der Waals surface area contributed by atoms with E-state index < -0.39 is 0 Å². The van der Waals surface area contributed by atoms with Gasteiger partial charge in [0, 0.05) is 6.61 Å². The third kappa shape index (κ3) is 3.07. The van der Waals surface area contributed by atoms with Gasteiger partial charge in [0.1, 0.15) is 6.54 Å². The van der Waals surface area contributed by atoms with Gasteiger partial charge >= 0.3 is 0 Å². The van der Waals surface area contributed by atoms with Gasteiger partial charge in [0.15, 0.2) is 0 Å². The number of ether oxygens (including phenoxy) is 1. The Morgan fingerprint density at radius 2 is 2.32 bits per heavy atom. The zero-order valence-electron chi connectivity index (χ0n) is 11.8. The molecule has 0 saturated carbocycles. The predicted octanol–water partition coefficient (Wildman–Crippen LogP) is 0.767. The van der Waals surface area contributed by atoms with E-state index in [1.807, 2.05) is 20.8 Å². The molecule has 1 aliphatic rings. The Morgan fingerprint density at radius 1 is 1.58 bits per heavy atom. The van der Waals surface area contributed by atoms with Crippen molar-refractivity contribution in [2.75, 3.05) is 18.9 Å². The highest BCUT2D eigenvalue weighted by Gasteiger charge is 2.29. The molecule has 6 heteroatoms. The summed E-state index contributed by atoms with van der Waals surface area (Å²) in [6.07, 6.45) is 1.92. The molecule has 1 aliphatic heterocycles. The minimum Gasteiger partial charge on any atom is -0.396 e. The topological polar surface area (TPSA) is 82.2 Å². The van der Waals surface area contributed by atoms with Gasteiger partial charge in [-0.3, -0.25) is 9.48 Å². The summed E-state index contributed by atoms with van der Waals surface area (Å²) < 4.78 is 7.07. The largest absolute Gasteiger partial charge is 0.396 e. The van der Waals surface area contributed by atoms with E-state index in [1.165, 1.54) is 0 Å². The molecule has 1 fully saturated rings. The Labute approximate surface area is 113 Å². The number of anilines is 1. The van der Waals surface area contributed by atoms with Crippen LogP contribution in [-0.2, 0) is 16.1 Å². The molecule has 1 saturated heterocycles. The highest BCUT2D eigenvalue weighted by atomic mass is 16.5. The normalized spacial score (nSPS) is 23.3. The Hall–Kier alpha value is -1.56. The molecular weight excluding hydrogens is 244 g/mol. The predicted molar refractivity (Wildman–Crippen MR) is 72.7 cm³/mol. The first-order chi connectivity index (χ1) is 8.91. The molecule has 1 amide bonds. The summed E-state index contributed by atoms with van der Waals surface area (Å²) in [6, 6.07) is 0. The van der Waals surface area contributed by atoms with Crippen molar-refractivity contribution in [3.8, 4) is 0 Å². The van der Waals surface area contributed by atoms with Gasteiger partial charge in [-0.2, -0.15) is 5.10 Å². The maximum absolute atomic E-state index is 12.1. The summed E-state index contributed by atoms with van der Waals surface area (Å²) in [5, 5.41) is 7.30. The second kappa shape index (κ2) is 5.21. The maximum atomic E-state index is 12.1. The summed E-state index contributed by atoms with van der Waals surface area (Å²) in [4.78, 5) is 12.1. The minimum absolute atomic E-state index is 0.0569. The van der Waals surface area contributed by atoms with Crippen LogP contribution in [0.3, 0.4) is 0 Å². The fourth-order valence-corrected chi connectivity index (χ4v) is 2.41. The van der Waals surface area contributed by atoms with E-state index in [4.69, 9.17) is 10.5 Å². The van der Waals surface area contributed by atoms with Crippen LogP contribution in [0.4, 0.5) is 5.69 Å². The monoisotopic (exact) mass is 266 g/mol. The third-order valence-electron chi connectivity index (χ3n) is 3.61. The molecule has 1 aromatic rings. The van der Waals surface area contributed by atoms with Crippen molar-refractivity contribution in [2.24, 2.45) is 0 Å². The first kappa shape index (κ1) is 13.9. The second-order valence-corrected chi connectivity index (χ2v) is 5.51. The van der Waals surface area contributed by atoms with Gasteiger partial charge in [0.2, 0.25) is 5.91 Å². The average Bonchev–Trinajstić information content (AvgIpc) is 2.57. The van der Waals surface area contributed by atoms with Crippen LogP contribution in [0.5, 0.6) is 0 Å². The van der Waals surface area contributed by atoms with E-state index in [-0.39, 0.29) is 18.0 Å². The SMILES string of the molecule is Cc1nn(CC(=O)NC2(C)CCCOC2)c(C)c1N. The molecule has 0 aliphatic carbocycles. The van der Waals surface area contributed by atoms with Crippen molar-refractivity contribution in [2.45, 2.75) is 45.7 Å². The van der Waals surface area contributed by atoms with Gasteiger partial charge < -0.3 is 15.8 Å². The van der Waals surface area contributed by atoms with Gasteiger partial charge in [-0.05, 0) is 33.6 Å². The third-order valence-corrected chi connectivity index (χ3v) is 3.61. The number of carbonyl (C=O) groups is 1. The zero-order valence-corrected chi connectivity index (χ0v) is 11.8. The average molecular weight is 266 g/mol. The van der Waals surface area contributed by atoms with Crippen molar-refractivity contribution in [1.82, 2.24) is 15.1 Å². The van der Waals surface area contributed by atoms with Crippen molar-refractivity contribution in [1.29, 1.82) is 0 Å². The zero-order chi connectivity index (χ0) is 14.0. The van der Waals surface area contributed by atoms with Crippen LogP contribution >= 0.6 is 0 Å². The number of hydrogen-bond acceptors (Lipinski definition) is 4. The smallest absolute Gasteiger partial charge is 0.242 e. The standard InChI is InChI=1S/C13H22N4O2/c1-9-12(14)10(2)17(16-9)7-11(18)15-13(3)5-4-6-19-8-13/h4-8,14H2,1-3H3,(H,15,18). The fraction of sp³-hybridized carbons (Fsp3) is 0.692. The van der Waals surface area contributed by atoms with Crippen molar-refractivity contribution >= 4 is 11.6 Å². The quantitative estimate of drug-likeness (QED) is 0.846. The van der Waals surface area contributed by atoms with E-state index >= 15 is 0 Å². The minimum atomic E-state index is -0.267. The number of aryl methyl sites for hydroxylation is 1. The molecular formula is C13H22N4O2. The summed E-state index contributed by atoms with van der Waals surface area (Å²) >= 11 is 0. The van der Waals surface area contributed by atoms with Crippen molar-refractivity contribution in [3.63, 3.8) is 0 Å². The number of rotatable bonds is 3. The number of hydrogen-bond donors (Lipinski definition) is 2. The maximum Gasteiger partial charge on any atom is 0.242 e. The lowest BCUT2D eigenvalue weighted by molar-refractivity contribution is -0.125. The molecule has 19 heavy (non-hydrogen) atoms. The van der Waals surface area contributed by atoms with Crippen molar-refractivity contribution in [3.05, 3.63) is 11.4 Å². The molecule has 0 bridgehead atoms. The Morgan fingerprint density at radius 3 is 2.84 bits per heavy atom. The van der Waals surface area contributed by atoms with Crippen LogP contribution in [0.1, 0.15) is 31.2 Å². The Bertz CT molecular complexity index is 475. The van der Waals surface area contributed by atoms with Crippen LogP contribution in [0, 0.1) is 13.8 Å². The number of amides is 1. The van der Waals surface area contributed by atoms with E-state index in [9.17, 15) is 4.79 Å². The molecule has 6 nitrogen and oxygen atoms in total. The Balaban J connectivity index is 1.99. The van der Waals surface area contributed by atoms with Crippen LogP contribution < -0.4 is 11.1 Å². The molecule has 3 N–H and O–H groups in total. The highest BCUT2D eigenvalue weighted by Crippen LogP contribution is 2.19. The first-order valence-electron chi connectivity index (χ1n) is 6.59. The van der Waals surface area contributed by atoms with Crippen LogP contribution in [0.2, 0.25) is 0 Å². The lowest BCUT2D eigenvalue weighted by atomic mass is 9.95. The highest BCUT2D eigenvalue weighted by molar-refractivity contribution is 5.76. The molecule has 1 atom stereocenters.